The predicted octanol–water partition coefficient (Wildman–Crippen LogP) is 2.35. The second-order valence-corrected chi connectivity index (χ2v) is 5.75. The van der Waals surface area contributed by atoms with Gasteiger partial charge in [0.2, 0.25) is 5.91 Å². The average Bonchev–Trinajstić information content (AvgIpc) is 2.36. The molecule has 3 N–H and O–H groups in total. The Morgan fingerprint density at radius 2 is 1.86 bits per heavy atom. The van der Waals surface area contributed by atoms with Crippen molar-refractivity contribution in [3.63, 3.8) is 0 Å². The van der Waals surface area contributed by atoms with E-state index in [-0.39, 0.29) is 17.1 Å². The molecule has 1 aromatic rings. The van der Waals surface area contributed by atoms with E-state index < -0.39 is 4.92 Å². The third-order valence-corrected chi connectivity index (χ3v) is 2.61. The molecule has 7 nitrogen and oxygen atoms in total. The van der Waals surface area contributed by atoms with Crippen molar-refractivity contribution in [2.75, 3.05) is 24.2 Å². The number of hydrogen-bond acceptors (Lipinski definition) is 5. The highest BCUT2D eigenvalue weighted by Crippen LogP contribution is 2.23. The fourth-order valence-electron chi connectivity index (χ4n) is 1.76. The molecule has 0 radical (unpaired) electrons. The lowest BCUT2D eigenvalue weighted by atomic mass is 10.1. The van der Waals surface area contributed by atoms with Crippen LogP contribution in [0.15, 0.2) is 18.2 Å². The average molecular weight is 294 g/mol. The fraction of sp³-hybridized carbons (Fsp3) is 0.500. The van der Waals surface area contributed by atoms with E-state index in [1.165, 1.54) is 12.1 Å². The van der Waals surface area contributed by atoms with Crippen LogP contribution in [0.5, 0.6) is 0 Å². The minimum absolute atomic E-state index is 0.00323. The van der Waals surface area contributed by atoms with Crippen LogP contribution in [-0.2, 0) is 4.79 Å². The van der Waals surface area contributed by atoms with Crippen LogP contribution in [0.1, 0.15) is 27.2 Å². The molecule has 0 aromatic heterocycles. The molecule has 0 fully saturated rings. The van der Waals surface area contributed by atoms with Crippen molar-refractivity contribution < 1.29 is 9.72 Å². The summed E-state index contributed by atoms with van der Waals surface area (Å²) in [4.78, 5) is 22.1. The molecule has 0 heterocycles. The second-order valence-electron chi connectivity index (χ2n) is 5.75. The molecule has 0 saturated carbocycles. The Morgan fingerprint density at radius 1 is 1.24 bits per heavy atom. The second kappa shape index (κ2) is 6.92. The van der Waals surface area contributed by atoms with E-state index in [0.29, 0.717) is 24.3 Å². The van der Waals surface area contributed by atoms with Crippen molar-refractivity contribution in [1.82, 2.24) is 5.32 Å². The van der Waals surface area contributed by atoms with Crippen LogP contribution in [0.4, 0.5) is 17.1 Å². The van der Waals surface area contributed by atoms with Crippen molar-refractivity contribution in [3.05, 3.63) is 28.3 Å². The van der Waals surface area contributed by atoms with Gasteiger partial charge in [0.25, 0.3) is 5.69 Å². The highest BCUT2D eigenvalue weighted by molar-refractivity contribution is 5.77. The molecular weight excluding hydrogens is 272 g/mol. The summed E-state index contributed by atoms with van der Waals surface area (Å²) in [7, 11) is 1.69. The molecule has 1 rings (SSSR count). The number of rotatable bonds is 6. The summed E-state index contributed by atoms with van der Waals surface area (Å²) in [5, 5.41) is 19.6. The minimum atomic E-state index is -0.446. The lowest BCUT2D eigenvalue weighted by molar-refractivity contribution is -0.384. The maximum atomic E-state index is 11.7. The van der Waals surface area contributed by atoms with Gasteiger partial charge >= 0.3 is 0 Å². The Labute approximate surface area is 124 Å². The molecule has 7 heteroatoms. The number of amides is 1. The van der Waals surface area contributed by atoms with Gasteiger partial charge in [-0.2, -0.15) is 0 Å². The van der Waals surface area contributed by atoms with Gasteiger partial charge in [-0.05, 0) is 26.8 Å². The number of hydrogen-bond donors (Lipinski definition) is 3. The molecule has 0 aliphatic rings. The van der Waals surface area contributed by atoms with Gasteiger partial charge in [0.05, 0.1) is 4.92 Å². The number of nitro groups is 1. The first-order valence-corrected chi connectivity index (χ1v) is 6.73. The molecule has 0 aliphatic heterocycles. The zero-order chi connectivity index (χ0) is 16.0. The van der Waals surface area contributed by atoms with E-state index >= 15 is 0 Å². The van der Waals surface area contributed by atoms with Gasteiger partial charge in [0.15, 0.2) is 0 Å². The number of benzene rings is 1. The number of nitrogens with zero attached hydrogens (tertiary/aromatic N) is 1. The quantitative estimate of drug-likeness (QED) is 0.553. The highest BCUT2D eigenvalue weighted by Gasteiger charge is 2.13. The summed E-state index contributed by atoms with van der Waals surface area (Å²) < 4.78 is 0. The van der Waals surface area contributed by atoms with Gasteiger partial charge < -0.3 is 16.0 Å². The summed E-state index contributed by atoms with van der Waals surface area (Å²) in [5.74, 6) is -0.0609. The summed E-state index contributed by atoms with van der Waals surface area (Å²) in [5.41, 5.74) is 0.994. The number of carbonyl (C=O) groups excluding carboxylic acids is 1. The largest absolute Gasteiger partial charge is 0.388 e. The van der Waals surface area contributed by atoms with Crippen molar-refractivity contribution in [2.45, 2.75) is 32.7 Å². The summed E-state index contributed by atoms with van der Waals surface area (Å²) >= 11 is 0. The first-order chi connectivity index (χ1) is 9.71. The van der Waals surface area contributed by atoms with Gasteiger partial charge in [-0.15, -0.1) is 0 Å². The smallest absolute Gasteiger partial charge is 0.273 e. The lowest BCUT2D eigenvalue weighted by Crippen LogP contribution is -2.41. The monoisotopic (exact) mass is 294 g/mol. The van der Waals surface area contributed by atoms with Gasteiger partial charge in [0.1, 0.15) is 0 Å². The third-order valence-electron chi connectivity index (χ3n) is 2.61. The van der Waals surface area contributed by atoms with Crippen LogP contribution in [0.3, 0.4) is 0 Å². The molecule has 0 spiro atoms. The molecular formula is C14H22N4O3. The Bertz CT molecular complexity index is 523. The predicted molar refractivity (Wildman–Crippen MR) is 83.6 cm³/mol. The Morgan fingerprint density at radius 3 is 2.38 bits per heavy atom. The number of nitrogens with one attached hydrogen (secondary N) is 3. The van der Waals surface area contributed by atoms with Crippen LogP contribution < -0.4 is 16.0 Å². The lowest BCUT2D eigenvalue weighted by Gasteiger charge is -2.20. The Hall–Kier alpha value is -2.31. The van der Waals surface area contributed by atoms with E-state index in [2.05, 4.69) is 16.0 Å². The first-order valence-electron chi connectivity index (χ1n) is 6.73. The molecule has 0 atom stereocenters. The fourth-order valence-corrected chi connectivity index (χ4v) is 1.76. The van der Waals surface area contributed by atoms with Crippen LogP contribution in [-0.4, -0.2) is 30.0 Å². The molecule has 116 valence electrons. The maximum Gasteiger partial charge on any atom is 0.273 e. The van der Waals surface area contributed by atoms with Crippen molar-refractivity contribution in [2.24, 2.45) is 0 Å². The molecule has 0 saturated heterocycles. The van der Waals surface area contributed by atoms with E-state index in [4.69, 9.17) is 0 Å². The number of non-ortho nitro benzene ring substituents is 1. The van der Waals surface area contributed by atoms with Crippen molar-refractivity contribution in [3.8, 4) is 0 Å². The zero-order valence-corrected chi connectivity index (χ0v) is 12.8. The maximum absolute atomic E-state index is 11.7. The summed E-state index contributed by atoms with van der Waals surface area (Å²) in [6.07, 6.45) is 0.300. The minimum Gasteiger partial charge on any atom is -0.388 e. The Kier molecular flexibility index (Phi) is 5.52. The van der Waals surface area contributed by atoms with Gasteiger partial charge in [0, 0.05) is 49.1 Å². The van der Waals surface area contributed by atoms with E-state index in [1.807, 2.05) is 20.8 Å². The molecule has 1 amide bonds. The van der Waals surface area contributed by atoms with Crippen molar-refractivity contribution >= 4 is 23.0 Å². The standard InChI is InChI=1S/C14H22N4O3/c1-14(2,3)17-13(19)5-6-16-11-7-10(15-4)8-12(9-11)18(20)21/h7-9,15-16H,5-6H2,1-4H3,(H,17,19). The van der Waals surface area contributed by atoms with E-state index in [0.717, 1.165) is 0 Å². The number of anilines is 2. The van der Waals surface area contributed by atoms with Crippen LogP contribution in [0.25, 0.3) is 0 Å². The van der Waals surface area contributed by atoms with Gasteiger partial charge in [-0.3, -0.25) is 14.9 Å². The third kappa shape index (κ3) is 6.11. The first kappa shape index (κ1) is 16.7. The highest BCUT2D eigenvalue weighted by atomic mass is 16.6. The van der Waals surface area contributed by atoms with E-state index in [1.54, 1.807) is 13.1 Å². The van der Waals surface area contributed by atoms with Crippen LogP contribution >= 0.6 is 0 Å². The molecule has 0 bridgehead atoms. The van der Waals surface area contributed by atoms with E-state index in [9.17, 15) is 14.9 Å². The number of carbonyl (C=O) groups is 1. The van der Waals surface area contributed by atoms with Crippen molar-refractivity contribution in [1.29, 1.82) is 0 Å². The SMILES string of the molecule is CNc1cc(NCCC(=O)NC(C)(C)C)cc([N+](=O)[O-])c1. The zero-order valence-electron chi connectivity index (χ0n) is 12.8. The topological polar surface area (TPSA) is 96.3 Å². The number of nitro benzene ring substituents is 1. The summed E-state index contributed by atoms with van der Waals surface area (Å²) in [6.45, 7) is 6.15. The molecule has 0 unspecified atom stereocenters. The Balaban J connectivity index is 2.61. The molecule has 1 aromatic carbocycles. The van der Waals surface area contributed by atoms with Gasteiger partial charge in [-0.25, -0.2) is 0 Å². The van der Waals surface area contributed by atoms with Gasteiger partial charge in [-0.1, -0.05) is 0 Å². The summed E-state index contributed by atoms with van der Waals surface area (Å²) in [6, 6.07) is 4.66. The molecule has 21 heavy (non-hydrogen) atoms. The molecule has 0 aliphatic carbocycles. The van der Waals surface area contributed by atoms with Crippen LogP contribution in [0.2, 0.25) is 0 Å². The normalized spacial score (nSPS) is 10.9. The van der Waals surface area contributed by atoms with Crippen LogP contribution in [0, 0.1) is 10.1 Å².